The average molecular weight is 511 g/mol. The van der Waals surface area contributed by atoms with Crippen molar-refractivity contribution in [1.29, 1.82) is 0 Å². The third-order valence-corrected chi connectivity index (χ3v) is 6.82. The number of aromatic nitrogens is 1. The molecule has 1 aromatic heterocycles. The van der Waals surface area contributed by atoms with Crippen LogP contribution in [0.4, 0.5) is 0 Å². The van der Waals surface area contributed by atoms with Gasteiger partial charge >= 0.3 is 0 Å². The maximum atomic E-state index is 13.1. The number of nitrogens with zero attached hydrogens (tertiary/aromatic N) is 1. The number of ether oxygens (including phenoxy) is 2. The molecular formula is C28H28Cl2N2O3. The highest BCUT2D eigenvalue weighted by molar-refractivity contribution is 6.35. The minimum absolute atomic E-state index is 0.0391. The molecule has 5 nitrogen and oxygen atoms in total. The van der Waals surface area contributed by atoms with Gasteiger partial charge in [0.1, 0.15) is 0 Å². The number of hydrogen-bond acceptors (Lipinski definition) is 3. The van der Waals surface area contributed by atoms with E-state index in [0.717, 1.165) is 27.6 Å². The van der Waals surface area contributed by atoms with Crippen molar-refractivity contribution in [2.75, 3.05) is 20.8 Å². The van der Waals surface area contributed by atoms with Crippen LogP contribution in [0.25, 0.3) is 10.9 Å². The Balaban J connectivity index is 1.60. The fourth-order valence-electron chi connectivity index (χ4n) is 4.45. The van der Waals surface area contributed by atoms with Crippen molar-refractivity contribution >= 4 is 40.0 Å². The number of nitrogens with one attached hydrogen (secondary N) is 1. The number of carbonyl (C=O) groups is 1. The summed E-state index contributed by atoms with van der Waals surface area (Å²) in [7, 11) is 5.25. The van der Waals surface area contributed by atoms with Crippen LogP contribution >= 0.6 is 23.2 Å². The third kappa shape index (κ3) is 5.58. The number of amides is 1. The summed E-state index contributed by atoms with van der Waals surface area (Å²) in [5.41, 5.74) is 4.13. The van der Waals surface area contributed by atoms with E-state index < -0.39 is 0 Å². The van der Waals surface area contributed by atoms with Gasteiger partial charge in [0.25, 0.3) is 0 Å². The van der Waals surface area contributed by atoms with Crippen LogP contribution in [0.5, 0.6) is 11.5 Å². The van der Waals surface area contributed by atoms with Gasteiger partial charge < -0.3 is 19.4 Å². The molecule has 4 aromatic rings. The van der Waals surface area contributed by atoms with Crippen molar-refractivity contribution in [3.63, 3.8) is 0 Å². The normalized spacial score (nSPS) is 11.9. The first-order valence-corrected chi connectivity index (χ1v) is 12.1. The van der Waals surface area contributed by atoms with Gasteiger partial charge in [0.2, 0.25) is 5.91 Å². The lowest BCUT2D eigenvalue weighted by molar-refractivity contribution is -0.121. The van der Waals surface area contributed by atoms with Gasteiger partial charge in [-0.2, -0.15) is 0 Å². The molecule has 1 N–H and O–H groups in total. The smallest absolute Gasteiger partial charge is 0.220 e. The number of carbonyl (C=O) groups excluding carboxylic acids is 1. The van der Waals surface area contributed by atoms with E-state index in [1.165, 1.54) is 0 Å². The van der Waals surface area contributed by atoms with E-state index in [-0.39, 0.29) is 18.2 Å². The summed E-state index contributed by atoms with van der Waals surface area (Å²) in [6.45, 7) is 0.481. The van der Waals surface area contributed by atoms with Crippen LogP contribution in [0.15, 0.2) is 66.9 Å². The highest BCUT2D eigenvalue weighted by atomic mass is 35.5. The van der Waals surface area contributed by atoms with Crippen LogP contribution in [0.3, 0.4) is 0 Å². The lowest BCUT2D eigenvalue weighted by Crippen LogP contribution is -2.27. The second-order valence-electron chi connectivity index (χ2n) is 8.42. The number of halogens is 2. The van der Waals surface area contributed by atoms with Crippen LogP contribution in [0, 0.1) is 0 Å². The molecule has 4 rings (SSSR count). The summed E-state index contributed by atoms with van der Waals surface area (Å²) in [6, 6.07) is 19.5. The highest BCUT2D eigenvalue weighted by Gasteiger charge is 2.23. The van der Waals surface area contributed by atoms with E-state index in [9.17, 15) is 4.79 Å². The quantitative estimate of drug-likeness (QED) is 0.284. The zero-order valence-electron chi connectivity index (χ0n) is 20.0. The van der Waals surface area contributed by atoms with Crippen molar-refractivity contribution in [2.45, 2.75) is 18.8 Å². The number of fused-ring (bicyclic) bond motifs is 1. The van der Waals surface area contributed by atoms with Gasteiger partial charge in [-0.1, -0.05) is 53.5 Å². The lowest BCUT2D eigenvalue weighted by atomic mass is 9.87. The molecule has 0 fully saturated rings. The lowest BCUT2D eigenvalue weighted by Gasteiger charge is -2.19. The van der Waals surface area contributed by atoms with E-state index in [4.69, 9.17) is 32.7 Å². The Hall–Kier alpha value is -3.15. The van der Waals surface area contributed by atoms with Gasteiger partial charge in [0, 0.05) is 53.1 Å². The Morgan fingerprint density at radius 1 is 1.00 bits per heavy atom. The maximum Gasteiger partial charge on any atom is 0.220 e. The summed E-state index contributed by atoms with van der Waals surface area (Å²) in [6.07, 6.45) is 3.02. The molecule has 1 amide bonds. The number of benzene rings is 3. The Bertz CT molecular complexity index is 1350. The summed E-state index contributed by atoms with van der Waals surface area (Å²) in [5.74, 6) is 1.08. The Morgan fingerprint density at radius 3 is 2.51 bits per heavy atom. The van der Waals surface area contributed by atoms with E-state index in [1.807, 2.05) is 43.4 Å². The second kappa shape index (κ2) is 11.1. The standard InChI is InChI=1S/C28H28Cl2N2O3/c1-32-17-23(21-6-4-5-7-25(21)32)22(19-9-11-26(34-2)27(14-19)35-3)16-28(33)31-13-12-18-8-10-20(29)15-24(18)30/h4-11,14-15,17,22H,12-13,16H2,1-3H3,(H,31,33). The molecule has 182 valence electrons. The highest BCUT2D eigenvalue weighted by Crippen LogP contribution is 2.38. The molecule has 0 bridgehead atoms. The minimum Gasteiger partial charge on any atom is -0.493 e. The molecule has 7 heteroatoms. The molecule has 0 saturated heterocycles. The fraction of sp³-hybridized carbons (Fsp3) is 0.250. The molecular weight excluding hydrogens is 483 g/mol. The van der Waals surface area contributed by atoms with Gasteiger partial charge in [0.05, 0.1) is 14.2 Å². The summed E-state index contributed by atoms with van der Waals surface area (Å²) >= 11 is 12.3. The molecule has 3 aromatic carbocycles. The first kappa shape index (κ1) is 25.0. The predicted octanol–water partition coefficient (Wildman–Crippen LogP) is 6.38. The van der Waals surface area contributed by atoms with E-state index in [1.54, 1.807) is 26.4 Å². The summed E-state index contributed by atoms with van der Waals surface area (Å²) < 4.78 is 13.1. The minimum atomic E-state index is -0.167. The van der Waals surface area contributed by atoms with E-state index in [2.05, 4.69) is 28.2 Å². The van der Waals surface area contributed by atoms with Crippen molar-refractivity contribution in [2.24, 2.45) is 7.05 Å². The Labute approximate surface area is 215 Å². The largest absolute Gasteiger partial charge is 0.493 e. The zero-order chi connectivity index (χ0) is 24.9. The molecule has 0 spiro atoms. The van der Waals surface area contributed by atoms with Gasteiger partial charge in [0.15, 0.2) is 11.5 Å². The van der Waals surface area contributed by atoms with Crippen LogP contribution in [-0.4, -0.2) is 31.2 Å². The van der Waals surface area contributed by atoms with Crippen molar-refractivity contribution in [1.82, 2.24) is 9.88 Å². The van der Waals surface area contributed by atoms with Crippen LogP contribution in [0.1, 0.15) is 29.0 Å². The SMILES string of the molecule is COc1ccc(C(CC(=O)NCCc2ccc(Cl)cc2Cl)c2cn(C)c3ccccc23)cc1OC. The summed E-state index contributed by atoms with van der Waals surface area (Å²) in [5, 5.41) is 5.37. The molecule has 0 saturated carbocycles. The molecule has 0 aliphatic carbocycles. The van der Waals surface area contributed by atoms with Crippen LogP contribution < -0.4 is 14.8 Å². The Kier molecular flexibility index (Phi) is 7.89. The molecule has 0 radical (unpaired) electrons. The summed E-state index contributed by atoms with van der Waals surface area (Å²) in [4.78, 5) is 13.1. The second-order valence-corrected chi connectivity index (χ2v) is 9.26. The Morgan fingerprint density at radius 2 is 1.77 bits per heavy atom. The first-order valence-electron chi connectivity index (χ1n) is 11.4. The monoisotopic (exact) mass is 510 g/mol. The van der Waals surface area contributed by atoms with Gasteiger partial charge in [-0.05, 0) is 53.4 Å². The number of methoxy groups -OCH3 is 2. The number of hydrogen-bond donors (Lipinski definition) is 1. The van der Waals surface area contributed by atoms with Crippen LogP contribution in [0.2, 0.25) is 10.0 Å². The number of para-hydroxylation sites is 1. The molecule has 0 aliphatic rings. The molecule has 1 unspecified atom stereocenters. The van der Waals surface area contributed by atoms with E-state index >= 15 is 0 Å². The predicted molar refractivity (Wildman–Crippen MR) is 142 cm³/mol. The van der Waals surface area contributed by atoms with Crippen molar-refractivity contribution < 1.29 is 14.3 Å². The first-order chi connectivity index (χ1) is 16.9. The van der Waals surface area contributed by atoms with Gasteiger partial charge in [-0.15, -0.1) is 0 Å². The average Bonchev–Trinajstić information content (AvgIpc) is 3.19. The number of rotatable bonds is 9. The molecule has 0 aliphatic heterocycles. The third-order valence-electron chi connectivity index (χ3n) is 6.23. The van der Waals surface area contributed by atoms with Crippen molar-refractivity contribution in [3.8, 4) is 11.5 Å². The van der Waals surface area contributed by atoms with Gasteiger partial charge in [-0.3, -0.25) is 4.79 Å². The zero-order valence-corrected chi connectivity index (χ0v) is 21.5. The molecule has 1 heterocycles. The van der Waals surface area contributed by atoms with Gasteiger partial charge in [-0.25, -0.2) is 0 Å². The molecule has 1 atom stereocenters. The van der Waals surface area contributed by atoms with Crippen LogP contribution in [-0.2, 0) is 18.3 Å². The van der Waals surface area contributed by atoms with E-state index in [0.29, 0.717) is 34.5 Å². The topological polar surface area (TPSA) is 52.5 Å². The molecule has 35 heavy (non-hydrogen) atoms. The fourth-order valence-corrected chi connectivity index (χ4v) is 4.95. The maximum absolute atomic E-state index is 13.1. The van der Waals surface area contributed by atoms with Crippen molar-refractivity contribution in [3.05, 3.63) is 93.6 Å². The number of aryl methyl sites for hydroxylation is 1.